The second-order valence-corrected chi connectivity index (χ2v) is 9.54. The van der Waals surface area contributed by atoms with E-state index >= 15 is 0 Å². The van der Waals surface area contributed by atoms with Gasteiger partial charge in [-0.25, -0.2) is 0 Å². The molecule has 5 nitrogen and oxygen atoms in total. The summed E-state index contributed by atoms with van der Waals surface area (Å²) < 4.78 is 13.4. The molecule has 0 spiro atoms. The molecule has 1 unspecified atom stereocenters. The molecule has 2 rings (SSSR count). The van der Waals surface area contributed by atoms with Gasteiger partial charge in [-0.2, -0.15) is 4.57 Å². The van der Waals surface area contributed by atoms with E-state index in [2.05, 4.69) is 12.2 Å². The van der Waals surface area contributed by atoms with Crippen molar-refractivity contribution in [3.63, 3.8) is 0 Å². The monoisotopic (exact) mass is 610 g/mol. The number of hydrogen-bond donors (Lipinski definition) is 1. The van der Waals surface area contributed by atoms with E-state index in [9.17, 15) is 4.79 Å². The summed E-state index contributed by atoms with van der Waals surface area (Å²) in [5, 5.41) is 3.06. The van der Waals surface area contributed by atoms with Crippen LogP contribution in [0.3, 0.4) is 0 Å². The van der Waals surface area contributed by atoms with Crippen LogP contribution in [0.1, 0.15) is 113 Å². The first-order valence-corrected chi connectivity index (χ1v) is 13.6. The first-order chi connectivity index (χ1) is 17.1. The molecular formula is C30H47IN2O3. The maximum atomic E-state index is 12.6. The van der Waals surface area contributed by atoms with E-state index in [1.807, 2.05) is 61.1 Å². The van der Waals surface area contributed by atoms with Crippen LogP contribution >= 0.6 is 0 Å². The lowest BCUT2D eigenvalue weighted by Gasteiger charge is -2.17. The molecule has 36 heavy (non-hydrogen) atoms. The highest BCUT2D eigenvalue weighted by molar-refractivity contribution is 5.91. The molecule has 0 bridgehead atoms. The van der Waals surface area contributed by atoms with Gasteiger partial charge >= 0.3 is 5.91 Å². The third kappa shape index (κ3) is 11.9. The molecule has 0 saturated heterocycles. The van der Waals surface area contributed by atoms with Crippen LogP contribution in [0.25, 0.3) is 0 Å². The predicted molar refractivity (Wildman–Crippen MR) is 143 cm³/mol. The zero-order valence-electron chi connectivity index (χ0n) is 22.9. The molecular weight excluding hydrogens is 563 g/mol. The molecule has 1 N–H and O–H groups in total. The van der Waals surface area contributed by atoms with Crippen molar-refractivity contribution in [3.8, 4) is 11.5 Å². The lowest BCUT2D eigenvalue weighted by Crippen LogP contribution is -3.00. The number of carbonyl (C=O) groups is 1. The number of nitrogens with one attached hydrogen (secondary N) is 1. The van der Waals surface area contributed by atoms with Gasteiger partial charge < -0.3 is 38.8 Å². The van der Waals surface area contributed by atoms with Crippen molar-refractivity contribution in [1.82, 2.24) is 5.32 Å². The minimum absolute atomic E-state index is 0. The quantitative estimate of drug-likeness (QED) is 0.157. The van der Waals surface area contributed by atoms with E-state index in [0.717, 1.165) is 17.7 Å². The van der Waals surface area contributed by atoms with Crippen LogP contribution in [-0.4, -0.2) is 19.6 Å². The molecule has 1 aromatic carbocycles. The lowest BCUT2D eigenvalue weighted by molar-refractivity contribution is -0.673. The fourth-order valence-corrected chi connectivity index (χ4v) is 4.31. The van der Waals surface area contributed by atoms with Gasteiger partial charge in [0.05, 0.1) is 19.8 Å². The largest absolute Gasteiger partial charge is 1.00 e. The minimum Gasteiger partial charge on any atom is -1.00 e. The molecule has 0 aliphatic rings. The Kier molecular flexibility index (Phi) is 17.3. The molecule has 0 saturated carbocycles. The van der Waals surface area contributed by atoms with Crippen molar-refractivity contribution in [2.24, 2.45) is 7.05 Å². The number of aryl methyl sites for hydroxylation is 1. The number of nitrogens with zero attached hydrogens (tertiary/aromatic N) is 1. The molecule has 1 amide bonds. The molecule has 0 aliphatic heterocycles. The number of rotatable bonds is 18. The first-order valence-electron chi connectivity index (χ1n) is 13.6. The van der Waals surface area contributed by atoms with E-state index in [1.54, 1.807) is 7.11 Å². The highest BCUT2D eigenvalue weighted by Crippen LogP contribution is 2.30. The Morgan fingerprint density at radius 1 is 0.889 bits per heavy atom. The molecule has 202 valence electrons. The van der Waals surface area contributed by atoms with Gasteiger partial charge in [0.15, 0.2) is 17.7 Å². The van der Waals surface area contributed by atoms with E-state index in [-0.39, 0.29) is 35.9 Å². The van der Waals surface area contributed by atoms with Gasteiger partial charge in [0.25, 0.3) is 5.69 Å². The van der Waals surface area contributed by atoms with Gasteiger partial charge in [-0.3, -0.25) is 4.79 Å². The zero-order chi connectivity index (χ0) is 25.3. The highest BCUT2D eigenvalue weighted by Gasteiger charge is 2.19. The summed E-state index contributed by atoms with van der Waals surface area (Å²) in [5.41, 5.74) is 1.60. The van der Waals surface area contributed by atoms with Crippen LogP contribution in [0, 0.1) is 0 Å². The smallest absolute Gasteiger partial charge is 0.316 e. The fourth-order valence-electron chi connectivity index (χ4n) is 4.31. The van der Waals surface area contributed by atoms with Crippen molar-refractivity contribution in [3.05, 3.63) is 53.9 Å². The van der Waals surface area contributed by atoms with Gasteiger partial charge in [-0.1, -0.05) is 83.6 Å². The average Bonchev–Trinajstić information content (AvgIpc) is 2.87. The van der Waals surface area contributed by atoms with Gasteiger partial charge in [0.2, 0.25) is 0 Å². The van der Waals surface area contributed by atoms with Crippen molar-refractivity contribution in [1.29, 1.82) is 0 Å². The Hall–Kier alpha value is -1.83. The van der Waals surface area contributed by atoms with Crippen LogP contribution < -0.4 is 43.3 Å². The van der Waals surface area contributed by atoms with Crippen molar-refractivity contribution < 1.29 is 42.8 Å². The molecule has 1 atom stereocenters. The zero-order valence-corrected chi connectivity index (χ0v) is 25.0. The Bertz CT molecular complexity index is 875. The number of aromatic nitrogens is 1. The van der Waals surface area contributed by atoms with Crippen LogP contribution in [-0.2, 0) is 7.05 Å². The third-order valence-corrected chi connectivity index (χ3v) is 6.58. The molecule has 0 radical (unpaired) electrons. The van der Waals surface area contributed by atoms with Crippen LogP contribution in [0.4, 0.5) is 0 Å². The number of ether oxygens (including phenoxy) is 2. The normalized spacial score (nSPS) is 11.4. The van der Waals surface area contributed by atoms with Crippen LogP contribution in [0.2, 0.25) is 0 Å². The van der Waals surface area contributed by atoms with E-state index in [1.165, 1.54) is 70.6 Å². The number of hydrogen-bond acceptors (Lipinski definition) is 3. The summed E-state index contributed by atoms with van der Waals surface area (Å²) >= 11 is 0. The summed E-state index contributed by atoms with van der Waals surface area (Å²) in [6.07, 6.45) is 17.8. The van der Waals surface area contributed by atoms with Crippen LogP contribution in [0.5, 0.6) is 11.5 Å². The number of benzene rings is 1. The van der Waals surface area contributed by atoms with Crippen molar-refractivity contribution in [2.75, 3.05) is 13.7 Å². The van der Waals surface area contributed by atoms with Gasteiger partial charge in [-0.15, -0.1) is 0 Å². The SMILES string of the molecule is CCCCCCCCCCCCCCOc1ccc(C(C)NC(=O)c2cccc[n+]2C)cc1OC.[I-]. The summed E-state index contributed by atoms with van der Waals surface area (Å²) in [6, 6.07) is 11.3. The predicted octanol–water partition coefficient (Wildman–Crippen LogP) is 4.09. The Labute approximate surface area is 236 Å². The van der Waals surface area contributed by atoms with E-state index < -0.39 is 0 Å². The molecule has 6 heteroatoms. The number of unbranched alkanes of at least 4 members (excludes halogenated alkanes) is 11. The summed E-state index contributed by atoms with van der Waals surface area (Å²) in [6.45, 7) is 4.95. The standard InChI is InChI=1S/C30H46N2O3.HI/c1-5-6-7-8-9-10-11-12-13-14-15-18-23-35-28-21-20-26(24-29(28)34-4)25(2)31-30(33)27-19-16-17-22-32(27)3;/h16-17,19-22,24-25H,5-15,18,23H2,1-4H3;1H. The van der Waals surface area contributed by atoms with Crippen LogP contribution in [0.15, 0.2) is 42.6 Å². The first kappa shape index (κ1) is 32.2. The average molecular weight is 611 g/mol. The van der Waals surface area contributed by atoms with Crippen molar-refractivity contribution in [2.45, 2.75) is 96.9 Å². The highest BCUT2D eigenvalue weighted by atomic mass is 127. The number of amides is 1. The van der Waals surface area contributed by atoms with Crippen molar-refractivity contribution >= 4 is 5.91 Å². The minimum atomic E-state index is -0.151. The summed E-state index contributed by atoms with van der Waals surface area (Å²) in [4.78, 5) is 12.6. The lowest BCUT2D eigenvalue weighted by atomic mass is 10.1. The van der Waals surface area contributed by atoms with Gasteiger partial charge in [0, 0.05) is 12.1 Å². The molecule has 0 aliphatic carbocycles. The number of carbonyl (C=O) groups excluding carboxylic acids is 1. The fraction of sp³-hybridized carbons (Fsp3) is 0.600. The second kappa shape index (κ2) is 19.3. The van der Waals surface area contributed by atoms with Gasteiger partial charge in [0.1, 0.15) is 7.05 Å². The topological polar surface area (TPSA) is 51.4 Å². The Morgan fingerprint density at radius 3 is 2.08 bits per heavy atom. The van der Waals surface area contributed by atoms with E-state index in [4.69, 9.17) is 9.47 Å². The maximum Gasteiger partial charge on any atom is 0.316 e. The summed E-state index contributed by atoms with van der Waals surface area (Å²) in [7, 11) is 3.52. The maximum absolute atomic E-state index is 12.6. The van der Waals surface area contributed by atoms with Gasteiger partial charge in [-0.05, 0) is 37.1 Å². The third-order valence-electron chi connectivity index (χ3n) is 6.58. The number of halogens is 1. The summed E-state index contributed by atoms with van der Waals surface area (Å²) in [5.74, 6) is 1.35. The molecule has 1 heterocycles. The Morgan fingerprint density at radius 2 is 1.50 bits per heavy atom. The number of pyridine rings is 1. The molecule has 0 fully saturated rings. The van der Waals surface area contributed by atoms with E-state index in [0.29, 0.717) is 18.1 Å². The molecule has 1 aromatic heterocycles. The Balaban J connectivity index is 0.00000648. The second-order valence-electron chi connectivity index (χ2n) is 9.54. The molecule has 2 aromatic rings. The number of methoxy groups -OCH3 is 1.